The number of hydrogen-bond donors (Lipinski definition) is 2. The molecule has 0 radical (unpaired) electrons. The molecule has 1 aliphatic rings. The average molecular weight is 183 g/mol. The van der Waals surface area contributed by atoms with E-state index in [1.807, 2.05) is 6.08 Å². The first-order valence-electron chi connectivity index (χ1n) is 4.78. The Bertz CT molecular complexity index is 219. The molecule has 3 heteroatoms. The minimum atomic E-state index is -0.890. The summed E-state index contributed by atoms with van der Waals surface area (Å²) in [7, 11) is 0. The number of carbonyl (C=O) groups is 1. The third-order valence-corrected chi connectivity index (χ3v) is 2.62. The van der Waals surface area contributed by atoms with E-state index in [0.29, 0.717) is 0 Å². The van der Waals surface area contributed by atoms with E-state index in [1.54, 1.807) is 0 Å². The van der Waals surface area contributed by atoms with Crippen LogP contribution >= 0.6 is 0 Å². The van der Waals surface area contributed by atoms with Gasteiger partial charge in [0.25, 0.3) is 0 Å². The molecule has 3 N–H and O–H groups in total. The molecule has 1 atom stereocenters. The minimum absolute atomic E-state index is 0.221. The zero-order chi connectivity index (χ0) is 9.90. The van der Waals surface area contributed by atoms with E-state index in [2.05, 4.69) is 13.0 Å². The van der Waals surface area contributed by atoms with E-state index in [4.69, 9.17) is 10.8 Å². The highest BCUT2D eigenvalue weighted by Gasteiger charge is 2.48. The first-order chi connectivity index (χ1) is 6.12. The van der Waals surface area contributed by atoms with Gasteiger partial charge in [-0.25, -0.2) is 0 Å². The largest absolute Gasteiger partial charge is 0.480 e. The zero-order valence-corrected chi connectivity index (χ0v) is 7.99. The predicted molar refractivity (Wildman–Crippen MR) is 51.3 cm³/mol. The van der Waals surface area contributed by atoms with Crippen molar-refractivity contribution in [2.75, 3.05) is 0 Å². The third-order valence-electron chi connectivity index (χ3n) is 2.62. The average Bonchev–Trinajstić information content (AvgIpc) is 2.85. The Hall–Kier alpha value is -0.830. The Morgan fingerprint density at radius 3 is 2.69 bits per heavy atom. The summed E-state index contributed by atoms with van der Waals surface area (Å²) in [6, 6.07) is -0.722. The van der Waals surface area contributed by atoms with Gasteiger partial charge in [0, 0.05) is 5.41 Å². The molecule has 0 aliphatic heterocycles. The van der Waals surface area contributed by atoms with E-state index in [-0.39, 0.29) is 5.41 Å². The predicted octanol–water partition coefficient (Wildman–Crippen LogP) is 1.53. The lowest BCUT2D eigenvalue weighted by Crippen LogP contribution is -2.38. The summed E-state index contributed by atoms with van der Waals surface area (Å²) in [4.78, 5) is 10.7. The number of unbranched alkanes of at least 4 members (excludes halogenated alkanes) is 1. The van der Waals surface area contributed by atoms with Crippen LogP contribution in [0.3, 0.4) is 0 Å². The van der Waals surface area contributed by atoms with Crippen LogP contribution in [0.15, 0.2) is 12.2 Å². The van der Waals surface area contributed by atoms with Crippen molar-refractivity contribution in [1.29, 1.82) is 0 Å². The first-order valence-corrected chi connectivity index (χ1v) is 4.78. The summed E-state index contributed by atoms with van der Waals surface area (Å²) in [5.41, 5.74) is 5.37. The van der Waals surface area contributed by atoms with Crippen LogP contribution < -0.4 is 5.73 Å². The SMILES string of the molecule is CCC/C=C/C1(C(N)C(=O)O)CC1. The van der Waals surface area contributed by atoms with Crippen molar-refractivity contribution >= 4 is 5.97 Å². The van der Waals surface area contributed by atoms with E-state index < -0.39 is 12.0 Å². The van der Waals surface area contributed by atoms with Crippen LogP contribution in [0.25, 0.3) is 0 Å². The molecule has 0 aromatic carbocycles. The van der Waals surface area contributed by atoms with Gasteiger partial charge in [-0.2, -0.15) is 0 Å². The van der Waals surface area contributed by atoms with Gasteiger partial charge >= 0.3 is 5.97 Å². The van der Waals surface area contributed by atoms with Crippen LogP contribution in [0.4, 0.5) is 0 Å². The molecule has 1 saturated carbocycles. The summed E-state index contributed by atoms with van der Waals surface area (Å²) in [5, 5.41) is 8.76. The number of aliphatic carboxylic acids is 1. The second-order valence-electron chi connectivity index (χ2n) is 3.74. The Morgan fingerprint density at radius 1 is 1.69 bits per heavy atom. The summed E-state index contributed by atoms with van der Waals surface area (Å²) < 4.78 is 0. The van der Waals surface area contributed by atoms with Crippen LogP contribution in [-0.4, -0.2) is 17.1 Å². The minimum Gasteiger partial charge on any atom is -0.480 e. The monoisotopic (exact) mass is 183 g/mol. The maximum absolute atomic E-state index is 10.7. The number of nitrogens with two attached hydrogens (primary N) is 1. The Balaban J connectivity index is 2.51. The van der Waals surface area contributed by atoms with Crippen molar-refractivity contribution in [3.8, 4) is 0 Å². The third kappa shape index (κ3) is 2.31. The smallest absolute Gasteiger partial charge is 0.321 e. The molecule has 0 bridgehead atoms. The molecule has 0 heterocycles. The molecule has 0 aromatic heterocycles. The summed E-state index contributed by atoms with van der Waals surface area (Å²) in [5.74, 6) is -0.890. The molecule has 1 rings (SSSR count). The molecule has 13 heavy (non-hydrogen) atoms. The van der Waals surface area contributed by atoms with Crippen molar-refractivity contribution < 1.29 is 9.90 Å². The molecule has 74 valence electrons. The van der Waals surface area contributed by atoms with E-state index in [9.17, 15) is 4.79 Å². The lowest BCUT2D eigenvalue weighted by molar-refractivity contribution is -0.139. The second-order valence-corrected chi connectivity index (χ2v) is 3.74. The van der Waals surface area contributed by atoms with Crippen molar-refractivity contribution in [1.82, 2.24) is 0 Å². The van der Waals surface area contributed by atoms with Crippen molar-refractivity contribution in [2.45, 2.75) is 38.6 Å². The highest BCUT2D eigenvalue weighted by Crippen LogP contribution is 2.49. The fraction of sp³-hybridized carbons (Fsp3) is 0.700. The lowest BCUT2D eigenvalue weighted by atomic mass is 9.96. The normalized spacial score (nSPS) is 21.7. The van der Waals surface area contributed by atoms with E-state index in [1.165, 1.54) is 0 Å². The molecular weight excluding hydrogens is 166 g/mol. The number of rotatable bonds is 5. The molecule has 0 aromatic rings. The van der Waals surface area contributed by atoms with E-state index >= 15 is 0 Å². The molecule has 0 saturated heterocycles. The summed E-state index contributed by atoms with van der Waals surface area (Å²) in [6.07, 6.45) is 7.98. The summed E-state index contributed by atoms with van der Waals surface area (Å²) in [6.45, 7) is 2.10. The van der Waals surface area contributed by atoms with Gasteiger partial charge in [0.15, 0.2) is 0 Å². The molecular formula is C10H17NO2. The topological polar surface area (TPSA) is 63.3 Å². The number of carboxylic acids is 1. The zero-order valence-electron chi connectivity index (χ0n) is 7.99. The fourth-order valence-corrected chi connectivity index (χ4v) is 1.46. The van der Waals surface area contributed by atoms with Gasteiger partial charge in [-0.05, 0) is 19.3 Å². The Kier molecular flexibility index (Phi) is 3.09. The van der Waals surface area contributed by atoms with E-state index in [0.717, 1.165) is 25.7 Å². The number of allylic oxidation sites excluding steroid dienone is 1. The quantitative estimate of drug-likeness (QED) is 0.635. The van der Waals surface area contributed by atoms with Crippen LogP contribution in [0.5, 0.6) is 0 Å². The van der Waals surface area contributed by atoms with Gasteiger partial charge < -0.3 is 10.8 Å². The highest BCUT2D eigenvalue weighted by atomic mass is 16.4. The highest BCUT2D eigenvalue weighted by molar-refractivity contribution is 5.75. The van der Waals surface area contributed by atoms with Gasteiger partial charge in [0.05, 0.1) is 0 Å². The van der Waals surface area contributed by atoms with Crippen LogP contribution in [0, 0.1) is 5.41 Å². The Morgan fingerprint density at radius 2 is 2.31 bits per heavy atom. The fourth-order valence-electron chi connectivity index (χ4n) is 1.46. The van der Waals surface area contributed by atoms with Gasteiger partial charge in [-0.15, -0.1) is 0 Å². The number of carboxylic acid groups (broad SMARTS) is 1. The van der Waals surface area contributed by atoms with Gasteiger partial charge in [0.2, 0.25) is 0 Å². The van der Waals surface area contributed by atoms with Gasteiger partial charge in [-0.1, -0.05) is 25.5 Å². The standard InChI is InChI=1S/C10H17NO2/c1-2-3-4-5-10(6-7-10)8(11)9(12)13/h4-5,8H,2-3,6-7,11H2,1H3,(H,12,13)/b5-4+. The van der Waals surface area contributed by atoms with Crippen molar-refractivity contribution in [3.05, 3.63) is 12.2 Å². The molecule has 3 nitrogen and oxygen atoms in total. The maximum Gasteiger partial charge on any atom is 0.321 e. The van der Waals surface area contributed by atoms with Gasteiger partial charge in [0.1, 0.15) is 6.04 Å². The lowest BCUT2D eigenvalue weighted by Gasteiger charge is -2.14. The van der Waals surface area contributed by atoms with Gasteiger partial charge in [-0.3, -0.25) is 4.79 Å². The maximum atomic E-state index is 10.7. The molecule has 0 amide bonds. The van der Waals surface area contributed by atoms with Crippen molar-refractivity contribution in [3.63, 3.8) is 0 Å². The molecule has 1 fully saturated rings. The molecule has 1 unspecified atom stereocenters. The second kappa shape index (κ2) is 3.92. The molecule has 0 spiro atoms. The van der Waals surface area contributed by atoms with Crippen LogP contribution in [0.2, 0.25) is 0 Å². The van der Waals surface area contributed by atoms with Crippen LogP contribution in [0.1, 0.15) is 32.6 Å². The number of hydrogen-bond acceptors (Lipinski definition) is 2. The van der Waals surface area contributed by atoms with Crippen molar-refractivity contribution in [2.24, 2.45) is 11.1 Å². The van der Waals surface area contributed by atoms with Crippen LogP contribution in [-0.2, 0) is 4.79 Å². The first kappa shape index (κ1) is 10.3. The molecule has 1 aliphatic carbocycles. The Labute approximate surface area is 78.6 Å². The summed E-state index contributed by atoms with van der Waals surface area (Å²) >= 11 is 0.